The van der Waals surface area contributed by atoms with E-state index in [1.165, 1.54) is 98.5 Å². The van der Waals surface area contributed by atoms with Gasteiger partial charge in [0.2, 0.25) is 0 Å². The van der Waals surface area contributed by atoms with Gasteiger partial charge in [-0.05, 0) is 63.4 Å². The van der Waals surface area contributed by atoms with Crippen molar-refractivity contribution < 1.29 is 4.42 Å². The molecule has 8 aromatic carbocycles. The molecular weight excluding hydrogens is 814 g/mol. The summed E-state index contributed by atoms with van der Waals surface area (Å²) in [6.45, 7) is 0. The van der Waals surface area contributed by atoms with E-state index in [2.05, 4.69) is 184 Å². The van der Waals surface area contributed by atoms with Crippen LogP contribution in [0.1, 0.15) is 0 Å². The molecule has 310 valence electrons. The average Bonchev–Trinajstić information content (AvgIpc) is 3.93. The Morgan fingerprint density at radius 2 is 0.750 bits per heavy atom. The molecule has 0 fully saturated rings. The number of hydrogen-bond acceptors (Lipinski definition) is 4. The molecule has 68 heavy (non-hydrogen) atoms. The van der Waals surface area contributed by atoms with E-state index in [1.807, 2.05) is 36.4 Å². The summed E-state index contributed by atoms with van der Waals surface area (Å²) < 4.78 is 9.47. The molecule has 0 unspecified atom stereocenters. The molecule has 0 bridgehead atoms. The molecule has 0 radical (unpaired) electrons. The quantitative estimate of drug-likeness (QED) is 0.156. The van der Waals surface area contributed by atoms with Crippen LogP contribution in [0.2, 0.25) is 0 Å². The highest BCUT2D eigenvalue weighted by molar-refractivity contribution is 6.72. The van der Waals surface area contributed by atoms with E-state index in [4.69, 9.17) is 19.4 Å². The Morgan fingerprint density at radius 3 is 1.38 bits per heavy atom. The van der Waals surface area contributed by atoms with Gasteiger partial charge in [0.1, 0.15) is 105 Å². The third-order valence-corrected chi connectivity index (χ3v) is 15.7. The van der Waals surface area contributed by atoms with Crippen LogP contribution in [0.4, 0.5) is 0 Å². The van der Waals surface area contributed by atoms with Crippen molar-refractivity contribution in [2.45, 2.75) is 0 Å². The molecule has 11 aromatic rings. The third kappa shape index (κ3) is 6.67. The summed E-state index contributed by atoms with van der Waals surface area (Å²) in [7, 11) is 27.7. The van der Waals surface area contributed by atoms with Crippen LogP contribution in [0.3, 0.4) is 0 Å². The van der Waals surface area contributed by atoms with E-state index < -0.39 is 0 Å². The van der Waals surface area contributed by atoms with Crippen LogP contribution in [0.5, 0.6) is 0 Å². The fourth-order valence-corrected chi connectivity index (χ4v) is 11.1. The van der Waals surface area contributed by atoms with E-state index in [1.54, 1.807) is 0 Å². The van der Waals surface area contributed by atoms with Gasteiger partial charge < -0.3 is 8.98 Å². The maximum absolute atomic E-state index is 6.92. The SMILES string of the molecule is Bc1c(B)c(B)c(-c2c(B)c(B)c3c4c(B)c(B)c(B)c(B)c4n(-c4ccc5c(c4)oc4cc(-c6nc(-c7ccccc7)nc(-c7cccc(-c8ccccc8)c7)n6)ccc45)c3c2B)c(B)c1B. The van der Waals surface area contributed by atoms with Gasteiger partial charge in [0.25, 0.3) is 0 Å². The number of fused-ring (bicyclic) bond motifs is 6. The van der Waals surface area contributed by atoms with Crippen molar-refractivity contribution in [1.29, 1.82) is 0 Å². The lowest BCUT2D eigenvalue weighted by atomic mass is 9.57. The molecule has 0 atom stereocenters. The summed E-state index contributed by atoms with van der Waals surface area (Å²) >= 11 is 0. The van der Waals surface area contributed by atoms with Crippen LogP contribution in [-0.2, 0) is 0 Å². The Kier molecular flexibility index (Phi) is 10.6. The fourth-order valence-electron chi connectivity index (χ4n) is 11.1. The fraction of sp³-hybridized carbons (Fsp3) is 0. The first-order valence-electron chi connectivity index (χ1n) is 23.8. The zero-order chi connectivity index (χ0) is 47.4. The minimum atomic E-state index is 0.588. The summed E-state index contributed by atoms with van der Waals surface area (Å²) in [6, 6.07) is 42.1. The average molecular weight is 859 g/mol. The highest BCUT2D eigenvalue weighted by Gasteiger charge is 2.27. The highest BCUT2D eigenvalue weighted by atomic mass is 16.3. The molecule has 5 nitrogen and oxygen atoms in total. The molecular formula is C51H44B12N4O. The Balaban J connectivity index is 1.11. The van der Waals surface area contributed by atoms with Crippen molar-refractivity contribution in [3.63, 3.8) is 0 Å². The molecule has 0 aliphatic carbocycles. The van der Waals surface area contributed by atoms with Crippen molar-refractivity contribution in [1.82, 2.24) is 19.5 Å². The molecule has 0 spiro atoms. The maximum atomic E-state index is 6.92. The van der Waals surface area contributed by atoms with Gasteiger partial charge in [0, 0.05) is 50.2 Å². The first-order valence-corrected chi connectivity index (χ1v) is 23.8. The van der Waals surface area contributed by atoms with Gasteiger partial charge in [0.15, 0.2) is 17.5 Å². The lowest BCUT2D eigenvalue weighted by molar-refractivity contribution is 0.668. The van der Waals surface area contributed by atoms with Crippen LogP contribution in [0, 0.1) is 0 Å². The highest BCUT2D eigenvalue weighted by Crippen LogP contribution is 2.36. The molecule has 3 heterocycles. The second kappa shape index (κ2) is 16.4. The Bertz CT molecular complexity index is 3920. The molecule has 0 aliphatic rings. The van der Waals surface area contributed by atoms with Crippen LogP contribution in [0.15, 0.2) is 126 Å². The van der Waals surface area contributed by atoms with Crippen LogP contribution >= 0.6 is 0 Å². The number of nitrogens with zero attached hydrogens (tertiary/aromatic N) is 4. The number of benzene rings is 8. The van der Waals surface area contributed by atoms with E-state index in [-0.39, 0.29) is 0 Å². The molecule has 11 rings (SSSR count). The first-order chi connectivity index (χ1) is 32.7. The number of aromatic nitrogens is 4. The van der Waals surface area contributed by atoms with Gasteiger partial charge >= 0.3 is 0 Å². The molecule has 0 amide bonds. The normalized spacial score (nSPS) is 11.6. The number of hydrogen-bond donors (Lipinski definition) is 0. The first kappa shape index (κ1) is 43.7. The van der Waals surface area contributed by atoms with Gasteiger partial charge in [-0.3, -0.25) is 0 Å². The lowest BCUT2D eigenvalue weighted by Gasteiger charge is -2.25. The molecule has 0 saturated carbocycles. The van der Waals surface area contributed by atoms with E-state index in [0.717, 1.165) is 55.4 Å². The van der Waals surface area contributed by atoms with Gasteiger partial charge in [-0.1, -0.05) is 129 Å². The minimum Gasteiger partial charge on any atom is -0.456 e. The Morgan fingerprint density at radius 1 is 0.324 bits per heavy atom. The number of furan rings is 1. The molecule has 17 heteroatoms. The summed E-state index contributed by atoms with van der Waals surface area (Å²) in [6.07, 6.45) is 0. The Labute approximate surface area is 408 Å². The lowest BCUT2D eigenvalue weighted by Crippen LogP contribution is -2.56. The van der Waals surface area contributed by atoms with Crippen molar-refractivity contribution >= 4 is 203 Å². The molecule has 0 N–H and O–H groups in total. The van der Waals surface area contributed by atoms with Crippen LogP contribution in [0.25, 0.3) is 106 Å². The predicted octanol–water partition coefficient (Wildman–Crippen LogP) is -7.70. The monoisotopic (exact) mass is 860 g/mol. The van der Waals surface area contributed by atoms with Gasteiger partial charge in [-0.25, -0.2) is 15.0 Å². The maximum Gasteiger partial charge on any atom is 0.164 e. The predicted molar refractivity (Wildman–Crippen MR) is 327 cm³/mol. The topological polar surface area (TPSA) is 56.7 Å². The van der Waals surface area contributed by atoms with Crippen molar-refractivity contribution in [3.8, 4) is 62.1 Å². The molecule has 0 aliphatic heterocycles. The molecule has 0 saturated heterocycles. The van der Waals surface area contributed by atoms with Crippen molar-refractivity contribution in [2.24, 2.45) is 0 Å². The molecule has 3 aromatic heterocycles. The number of rotatable bonds is 6. The summed E-state index contributed by atoms with van der Waals surface area (Å²) in [5.41, 5.74) is 29.1. The summed E-state index contributed by atoms with van der Waals surface area (Å²) in [5.74, 6) is 1.82. The summed E-state index contributed by atoms with van der Waals surface area (Å²) in [5, 5.41) is 4.79. The summed E-state index contributed by atoms with van der Waals surface area (Å²) in [4.78, 5) is 15.3. The van der Waals surface area contributed by atoms with Gasteiger partial charge in [-0.15, -0.1) is 21.9 Å². The largest absolute Gasteiger partial charge is 0.456 e. The smallest absolute Gasteiger partial charge is 0.164 e. The zero-order valence-corrected chi connectivity index (χ0v) is 41.2. The third-order valence-electron chi connectivity index (χ3n) is 15.7. The van der Waals surface area contributed by atoms with Gasteiger partial charge in [0.05, 0.1) is 0 Å². The zero-order valence-electron chi connectivity index (χ0n) is 41.2. The minimum absolute atomic E-state index is 0.588. The second-order valence-corrected chi connectivity index (χ2v) is 19.1. The van der Waals surface area contributed by atoms with E-state index in [0.29, 0.717) is 17.5 Å². The second-order valence-electron chi connectivity index (χ2n) is 19.1. The van der Waals surface area contributed by atoms with Gasteiger partial charge in [-0.2, -0.15) is 0 Å². The van der Waals surface area contributed by atoms with Crippen LogP contribution < -0.4 is 65.6 Å². The van der Waals surface area contributed by atoms with Crippen LogP contribution in [-0.4, -0.2) is 114 Å². The Hall–Kier alpha value is -6.85. The standard InChI is InChI=1S/C51H44B12N4O/c52-35-32(31-36(53)41(58)44(61)42(59)37(31)54)40(57)47-33(38(35)55)34-39(56)43(60)45(62)46(63)48(34)67(47)26-15-17-28-27-16-14-25(19-29(27)68-30(28)20-26)51-65-49(22-10-5-2-6-11-22)64-50(66-51)24-13-7-12-23(18-24)21-8-3-1-4-9-21/h1-20H,52-63H2. The van der Waals surface area contributed by atoms with Crippen molar-refractivity contribution in [3.05, 3.63) is 121 Å². The van der Waals surface area contributed by atoms with Crippen molar-refractivity contribution in [2.75, 3.05) is 0 Å². The van der Waals surface area contributed by atoms with E-state index in [9.17, 15) is 0 Å². The van der Waals surface area contributed by atoms with E-state index >= 15 is 0 Å².